The van der Waals surface area contributed by atoms with Crippen molar-refractivity contribution in [1.82, 2.24) is 0 Å². The summed E-state index contributed by atoms with van der Waals surface area (Å²) in [6.07, 6.45) is 0. The molecule has 2 unspecified atom stereocenters. The first-order valence-electron chi connectivity index (χ1n) is 7.67. The van der Waals surface area contributed by atoms with Gasteiger partial charge in [-0.25, -0.2) is 0 Å². The van der Waals surface area contributed by atoms with Gasteiger partial charge in [0.2, 0.25) is 0 Å². The standard InChI is InChI=1S/C20H26O2/c1-19(15-21-3,17-11-7-5-8-12-17)20(2,16-22-4)18-13-9-6-10-14-18/h5-14H,15-16H2,1-4H3. The number of benzene rings is 2. The predicted molar refractivity (Wildman–Crippen MR) is 91.3 cm³/mol. The molecule has 0 aromatic heterocycles. The quantitative estimate of drug-likeness (QED) is 0.763. The first kappa shape index (κ1) is 16.7. The Morgan fingerprint density at radius 2 is 0.955 bits per heavy atom. The minimum atomic E-state index is -0.194. The van der Waals surface area contributed by atoms with E-state index < -0.39 is 0 Å². The van der Waals surface area contributed by atoms with Gasteiger partial charge in [-0.05, 0) is 11.1 Å². The summed E-state index contributed by atoms with van der Waals surface area (Å²) in [7, 11) is 3.53. The second-order valence-corrected chi connectivity index (χ2v) is 6.26. The zero-order chi connectivity index (χ0) is 16.1. The molecule has 0 bridgehead atoms. The third-order valence-corrected chi connectivity index (χ3v) is 4.91. The molecule has 2 atom stereocenters. The van der Waals surface area contributed by atoms with E-state index in [1.807, 2.05) is 12.1 Å². The van der Waals surface area contributed by atoms with Gasteiger partial charge in [0.1, 0.15) is 0 Å². The molecule has 0 aliphatic heterocycles. The molecule has 0 aliphatic carbocycles. The number of rotatable bonds is 7. The van der Waals surface area contributed by atoms with Crippen LogP contribution in [0.4, 0.5) is 0 Å². The van der Waals surface area contributed by atoms with Gasteiger partial charge in [-0.1, -0.05) is 74.5 Å². The molecule has 0 N–H and O–H groups in total. The highest BCUT2D eigenvalue weighted by molar-refractivity contribution is 5.38. The Labute approximate surface area is 134 Å². The number of hydrogen-bond donors (Lipinski definition) is 0. The second kappa shape index (κ2) is 7.08. The van der Waals surface area contributed by atoms with E-state index in [1.54, 1.807) is 14.2 Å². The molecule has 0 fully saturated rings. The molecule has 118 valence electrons. The summed E-state index contributed by atoms with van der Waals surface area (Å²) in [5.41, 5.74) is 2.14. The van der Waals surface area contributed by atoms with E-state index in [2.05, 4.69) is 62.4 Å². The van der Waals surface area contributed by atoms with Crippen molar-refractivity contribution in [2.45, 2.75) is 24.7 Å². The molecule has 0 heterocycles. The van der Waals surface area contributed by atoms with Crippen LogP contribution in [0, 0.1) is 0 Å². The van der Waals surface area contributed by atoms with Crippen LogP contribution in [-0.4, -0.2) is 27.4 Å². The second-order valence-electron chi connectivity index (χ2n) is 6.26. The largest absolute Gasteiger partial charge is 0.384 e. The van der Waals surface area contributed by atoms with Crippen LogP contribution >= 0.6 is 0 Å². The molecule has 0 saturated heterocycles. The lowest BCUT2D eigenvalue weighted by atomic mass is 9.59. The van der Waals surface area contributed by atoms with Crippen LogP contribution < -0.4 is 0 Å². The van der Waals surface area contributed by atoms with Crippen LogP contribution in [0.2, 0.25) is 0 Å². The van der Waals surface area contributed by atoms with Crippen LogP contribution in [-0.2, 0) is 20.3 Å². The summed E-state index contributed by atoms with van der Waals surface area (Å²) in [5.74, 6) is 0. The summed E-state index contributed by atoms with van der Waals surface area (Å²) >= 11 is 0. The molecule has 0 spiro atoms. The van der Waals surface area contributed by atoms with E-state index >= 15 is 0 Å². The van der Waals surface area contributed by atoms with Crippen molar-refractivity contribution < 1.29 is 9.47 Å². The lowest BCUT2D eigenvalue weighted by molar-refractivity contribution is 0.0384. The molecule has 2 aromatic rings. The average molecular weight is 298 g/mol. The van der Waals surface area contributed by atoms with Gasteiger partial charge in [-0.15, -0.1) is 0 Å². The predicted octanol–water partition coefficient (Wildman–Crippen LogP) is 4.20. The maximum Gasteiger partial charge on any atom is 0.0565 e. The third-order valence-electron chi connectivity index (χ3n) is 4.91. The van der Waals surface area contributed by atoms with Crippen molar-refractivity contribution in [2.24, 2.45) is 0 Å². The van der Waals surface area contributed by atoms with E-state index in [-0.39, 0.29) is 10.8 Å². The monoisotopic (exact) mass is 298 g/mol. The Balaban J connectivity index is 2.60. The molecule has 0 amide bonds. The minimum absolute atomic E-state index is 0.194. The van der Waals surface area contributed by atoms with Gasteiger partial charge in [0.25, 0.3) is 0 Å². The van der Waals surface area contributed by atoms with E-state index in [1.165, 1.54) is 11.1 Å². The first-order chi connectivity index (χ1) is 10.6. The van der Waals surface area contributed by atoms with Gasteiger partial charge < -0.3 is 9.47 Å². The van der Waals surface area contributed by atoms with Gasteiger partial charge >= 0.3 is 0 Å². The summed E-state index contributed by atoms with van der Waals surface area (Å²) in [4.78, 5) is 0. The van der Waals surface area contributed by atoms with Crippen LogP contribution in [0.5, 0.6) is 0 Å². The molecule has 2 heteroatoms. The normalized spacial score (nSPS) is 16.7. The van der Waals surface area contributed by atoms with E-state index in [0.29, 0.717) is 13.2 Å². The van der Waals surface area contributed by atoms with Crippen molar-refractivity contribution in [2.75, 3.05) is 27.4 Å². The van der Waals surface area contributed by atoms with Crippen LogP contribution in [0.25, 0.3) is 0 Å². The summed E-state index contributed by atoms with van der Waals surface area (Å²) in [6.45, 7) is 5.78. The van der Waals surface area contributed by atoms with E-state index in [0.717, 1.165) is 0 Å². The number of ether oxygens (including phenoxy) is 2. The highest BCUT2D eigenvalue weighted by Crippen LogP contribution is 2.44. The van der Waals surface area contributed by atoms with Gasteiger partial charge in [-0.3, -0.25) is 0 Å². The zero-order valence-corrected chi connectivity index (χ0v) is 14.0. The average Bonchev–Trinajstić information content (AvgIpc) is 2.56. The molecule has 0 radical (unpaired) electrons. The summed E-state index contributed by atoms with van der Waals surface area (Å²) in [5, 5.41) is 0. The van der Waals surface area contributed by atoms with Gasteiger partial charge in [0.05, 0.1) is 13.2 Å². The smallest absolute Gasteiger partial charge is 0.0565 e. The third kappa shape index (κ3) is 2.94. The van der Waals surface area contributed by atoms with Crippen molar-refractivity contribution in [3.63, 3.8) is 0 Å². The Morgan fingerprint density at radius 3 is 1.23 bits per heavy atom. The highest BCUT2D eigenvalue weighted by Gasteiger charge is 2.47. The fourth-order valence-corrected chi connectivity index (χ4v) is 3.31. The van der Waals surface area contributed by atoms with E-state index in [4.69, 9.17) is 9.47 Å². The molecular weight excluding hydrogens is 272 g/mol. The Hall–Kier alpha value is -1.64. The van der Waals surface area contributed by atoms with Crippen molar-refractivity contribution in [1.29, 1.82) is 0 Å². The molecule has 0 saturated carbocycles. The van der Waals surface area contributed by atoms with Crippen LogP contribution in [0.3, 0.4) is 0 Å². The summed E-state index contributed by atoms with van der Waals surface area (Å²) < 4.78 is 11.2. The number of methoxy groups -OCH3 is 2. The van der Waals surface area contributed by atoms with Gasteiger partial charge in [0.15, 0.2) is 0 Å². The molecule has 2 nitrogen and oxygen atoms in total. The Kier molecular flexibility index (Phi) is 5.38. The van der Waals surface area contributed by atoms with Crippen molar-refractivity contribution in [3.8, 4) is 0 Å². The van der Waals surface area contributed by atoms with Crippen molar-refractivity contribution in [3.05, 3.63) is 71.8 Å². The van der Waals surface area contributed by atoms with Gasteiger partial charge in [0, 0.05) is 25.0 Å². The van der Waals surface area contributed by atoms with Crippen LogP contribution in [0.15, 0.2) is 60.7 Å². The zero-order valence-electron chi connectivity index (χ0n) is 14.0. The molecular formula is C20H26O2. The lowest BCUT2D eigenvalue weighted by Crippen LogP contribution is -2.51. The molecule has 0 aliphatic rings. The maximum absolute atomic E-state index is 5.62. The molecule has 22 heavy (non-hydrogen) atoms. The lowest BCUT2D eigenvalue weighted by Gasteiger charge is -2.47. The molecule has 2 aromatic carbocycles. The summed E-state index contributed by atoms with van der Waals surface area (Å²) in [6, 6.07) is 21.1. The topological polar surface area (TPSA) is 18.5 Å². The van der Waals surface area contributed by atoms with Crippen molar-refractivity contribution >= 4 is 0 Å². The minimum Gasteiger partial charge on any atom is -0.384 e. The number of hydrogen-bond acceptors (Lipinski definition) is 2. The SMILES string of the molecule is COCC(C)(c1ccccc1)C(C)(COC)c1ccccc1. The van der Waals surface area contributed by atoms with Crippen LogP contribution in [0.1, 0.15) is 25.0 Å². The Bertz CT molecular complexity index is 513. The fraction of sp³-hybridized carbons (Fsp3) is 0.400. The maximum atomic E-state index is 5.62. The highest BCUT2D eigenvalue weighted by atomic mass is 16.5. The Morgan fingerprint density at radius 1 is 0.636 bits per heavy atom. The van der Waals surface area contributed by atoms with E-state index in [9.17, 15) is 0 Å². The fourth-order valence-electron chi connectivity index (χ4n) is 3.31. The molecule has 2 rings (SSSR count). The van der Waals surface area contributed by atoms with Gasteiger partial charge in [-0.2, -0.15) is 0 Å². The first-order valence-corrected chi connectivity index (χ1v) is 7.67.